The van der Waals surface area contributed by atoms with Crippen LogP contribution in [0.4, 0.5) is 0 Å². The number of aliphatic hydroxyl groups excluding tert-OH is 1. The van der Waals surface area contributed by atoms with Gasteiger partial charge in [-0.1, -0.05) is 149 Å². The van der Waals surface area contributed by atoms with Crippen LogP contribution in [-0.4, -0.2) is 79.3 Å². The van der Waals surface area contributed by atoms with Crippen LogP contribution in [0.5, 0.6) is 0 Å². The number of unbranched alkanes of at least 4 members (excludes halogenated alkanes) is 18. The number of esters is 1. The van der Waals surface area contributed by atoms with E-state index >= 15 is 0 Å². The molecule has 0 aromatic heterocycles. The maximum Gasteiger partial charge on any atom is 0.473 e. The Bertz CT molecular complexity index is 834. The topological polar surface area (TPSA) is 119 Å². The predicted octanol–water partition coefficient (Wildman–Crippen LogP) is 9.71. The Labute approximate surface area is 295 Å². The van der Waals surface area contributed by atoms with Gasteiger partial charge in [-0.05, 0) is 19.3 Å². The highest BCUT2D eigenvalue weighted by Gasteiger charge is 2.38. The van der Waals surface area contributed by atoms with Gasteiger partial charge >= 0.3 is 13.8 Å². The summed E-state index contributed by atoms with van der Waals surface area (Å²) < 4.78 is 28.9. The number of hydrogen-bond donors (Lipinski definition) is 2. The second-order valence-electron chi connectivity index (χ2n) is 15.0. The van der Waals surface area contributed by atoms with Gasteiger partial charge in [0, 0.05) is 12.3 Å². The van der Waals surface area contributed by atoms with E-state index in [1.807, 2.05) is 28.1 Å². The first-order valence-electron chi connectivity index (χ1n) is 19.7. The van der Waals surface area contributed by atoms with Crippen molar-refractivity contribution in [2.75, 3.05) is 40.9 Å². The molecule has 2 N–H and O–H groups in total. The lowest BCUT2D eigenvalue weighted by Gasteiger charge is -2.31. The van der Waals surface area contributed by atoms with Gasteiger partial charge in [-0.15, -0.1) is 0 Å². The van der Waals surface area contributed by atoms with Crippen molar-refractivity contribution in [3.05, 3.63) is 0 Å². The fraction of sp³-hybridized carbons (Fsp3) is 0.947. The lowest BCUT2D eigenvalue weighted by Crippen LogP contribution is -2.47. The molecule has 48 heavy (non-hydrogen) atoms. The first-order chi connectivity index (χ1) is 22.8. The first-order valence-corrected chi connectivity index (χ1v) is 21.2. The zero-order valence-electron chi connectivity index (χ0n) is 32.1. The Kier molecular flexibility index (Phi) is 29.3. The average molecular weight is 707 g/mol. The third-order valence-corrected chi connectivity index (χ3v) is 9.83. The summed E-state index contributed by atoms with van der Waals surface area (Å²) in [4.78, 5) is 36.2. The Morgan fingerprint density at radius 1 is 0.646 bits per heavy atom. The number of carbonyl (C=O) groups excluding carboxylic acids is 2. The molecule has 4 atom stereocenters. The average Bonchev–Trinajstić information content (AvgIpc) is 3.02. The van der Waals surface area contributed by atoms with E-state index in [4.69, 9.17) is 13.8 Å². The van der Waals surface area contributed by atoms with Crippen molar-refractivity contribution >= 4 is 19.6 Å². The number of rotatable bonds is 35. The monoisotopic (exact) mass is 707 g/mol. The Balaban J connectivity index is 4.36. The van der Waals surface area contributed by atoms with Gasteiger partial charge in [0.2, 0.25) is 0 Å². The number of ether oxygens (including phenoxy) is 1. The molecular formula is C38H77NO8P+. The molecule has 0 bridgehead atoms. The van der Waals surface area contributed by atoms with Gasteiger partial charge in [-0.3, -0.25) is 18.6 Å². The van der Waals surface area contributed by atoms with Crippen LogP contribution in [0.3, 0.4) is 0 Å². The van der Waals surface area contributed by atoms with E-state index in [9.17, 15) is 24.2 Å². The van der Waals surface area contributed by atoms with E-state index in [2.05, 4.69) is 13.8 Å². The number of likely N-dealkylation sites (N-methyl/N-ethyl adjacent to an activating group) is 1. The van der Waals surface area contributed by atoms with Crippen molar-refractivity contribution in [1.82, 2.24) is 0 Å². The molecule has 0 aromatic rings. The van der Waals surface area contributed by atoms with Gasteiger partial charge in [-0.25, -0.2) is 4.57 Å². The molecule has 0 rings (SSSR count). The summed E-state index contributed by atoms with van der Waals surface area (Å²) in [6, 6.07) is 0. The largest absolute Gasteiger partial charge is 0.473 e. The van der Waals surface area contributed by atoms with Crippen molar-refractivity contribution in [3.8, 4) is 0 Å². The summed E-state index contributed by atoms with van der Waals surface area (Å²) in [6.07, 6.45) is 24.4. The van der Waals surface area contributed by atoms with Crippen LogP contribution < -0.4 is 0 Å². The van der Waals surface area contributed by atoms with E-state index in [0.717, 1.165) is 57.8 Å². The highest BCUT2D eigenvalue weighted by atomic mass is 31.2. The molecule has 9 nitrogen and oxygen atoms in total. The molecule has 0 saturated carbocycles. The number of carbonyl (C=O) groups is 2. The van der Waals surface area contributed by atoms with E-state index in [0.29, 0.717) is 10.9 Å². The highest BCUT2D eigenvalue weighted by molar-refractivity contribution is 7.47. The number of Topliss-reactive ketones (excluding diaryl/α,β-unsaturated/α-hetero) is 1. The smallest absolute Gasteiger partial charge is 0.463 e. The van der Waals surface area contributed by atoms with Crippen molar-refractivity contribution in [2.24, 2.45) is 5.92 Å². The fourth-order valence-electron chi connectivity index (χ4n) is 6.03. The van der Waals surface area contributed by atoms with Crippen LogP contribution in [0.15, 0.2) is 0 Å². The van der Waals surface area contributed by atoms with E-state index in [1.54, 1.807) is 0 Å². The third kappa shape index (κ3) is 29.0. The van der Waals surface area contributed by atoms with E-state index < -0.39 is 32.6 Å². The van der Waals surface area contributed by atoms with Crippen LogP contribution in [-0.2, 0) is 27.9 Å². The fourth-order valence-corrected chi connectivity index (χ4v) is 6.94. The normalized spacial score (nSPS) is 15.2. The molecule has 286 valence electrons. The standard InChI is InChI=1S/C38H76NO8P/c1-7-10-12-14-15-16-17-18-19-20-21-22-23-25-27-30-37(41)45-32-35(40)33-46-48(43,44)47-36(31-39(4,5)6)38(42)34(28-9-3)29-26-24-13-11-8-2/h34-36,40H,7-33H2,1-6H3/p+1/t34?,35-,36?/m1/s1. The number of aliphatic hydroxyl groups is 1. The molecule has 0 aromatic carbocycles. The second kappa shape index (κ2) is 29.9. The highest BCUT2D eigenvalue weighted by Crippen LogP contribution is 2.45. The Morgan fingerprint density at radius 2 is 1.10 bits per heavy atom. The van der Waals surface area contributed by atoms with Gasteiger partial charge in [0.1, 0.15) is 19.3 Å². The lowest BCUT2D eigenvalue weighted by molar-refractivity contribution is -0.872. The molecular weight excluding hydrogens is 629 g/mol. The summed E-state index contributed by atoms with van der Waals surface area (Å²) in [6.45, 7) is 5.77. The number of phosphoric ester groups is 1. The zero-order chi connectivity index (χ0) is 36.1. The van der Waals surface area contributed by atoms with Gasteiger partial charge in [-0.2, -0.15) is 0 Å². The van der Waals surface area contributed by atoms with Crippen LogP contribution in [0.1, 0.15) is 175 Å². The van der Waals surface area contributed by atoms with Crippen molar-refractivity contribution in [1.29, 1.82) is 0 Å². The zero-order valence-corrected chi connectivity index (χ0v) is 33.0. The molecule has 0 aliphatic rings. The predicted molar refractivity (Wildman–Crippen MR) is 197 cm³/mol. The Hall–Kier alpha value is -0.830. The molecule has 0 fully saturated rings. The summed E-state index contributed by atoms with van der Waals surface area (Å²) >= 11 is 0. The quantitative estimate of drug-likeness (QED) is 0.0289. The molecule has 0 saturated heterocycles. The number of nitrogens with zero attached hydrogens (tertiary/aromatic N) is 1. The Morgan fingerprint density at radius 3 is 1.56 bits per heavy atom. The summed E-state index contributed by atoms with van der Waals surface area (Å²) in [5.41, 5.74) is 0. The van der Waals surface area contributed by atoms with Gasteiger partial charge < -0.3 is 19.2 Å². The van der Waals surface area contributed by atoms with Crippen molar-refractivity contribution in [2.45, 2.75) is 187 Å². The van der Waals surface area contributed by atoms with E-state index in [-0.39, 0.29) is 31.3 Å². The maximum atomic E-state index is 13.5. The second-order valence-corrected chi connectivity index (χ2v) is 16.4. The van der Waals surface area contributed by atoms with Gasteiger partial charge in [0.15, 0.2) is 11.9 Å². The molecule has 0 aliphatic heterocycles. The summed E-state index contributed by atoms with van der Waals surface area (Å²) in [5.74, 6) is -0.827. The van der Waals surface area contributed by atoms with Crippen LogP contribution in [0.25, 0.3) is 0 Å². The maximum absolute atomic E-state index is 13.5. The number of hydrogen-bond acceptors (Lipinski definition) is 7. The van der Waals surface area contributed by atoms with Gasteiger partial charge in [0.05, 0.1) is 27.7 Å². The number of phosphoric acid groups is 1. The minimum absolute atomic E-state index is 0.174. The molecule has 10 heteroatoms. The molecule has 3 unspecified atom stereocenters. The van der Waals surface area contributed by atoms with Crippen LogP contribution in [0.2, 0.25) is 0 Å². The molecule has 0 aliphatic carbocycles. The number of ketones is 1. The van der Waals surface area contributed by atoms with Crippen molar-refractivity contribution in [3.63, 3.8) is 0 Å². The minimum atomic E-state index is -4.67. The lowest BCUT2D eigenvalue weighted by atomic mass is 9.89. The van der Waals surface area contributed by atoms with E-state index in [1.165, 1.54) is 83.5 Å². The molecule has 0 heterocycles. The molecule has 0 radical (unpaired) electrons. The summed E-state index contributed by atoms with van der Waals surface area (Å²) in [5, 5.41) is 10.3. The first kappa shape index (κ1) is 47.2. The van der Waals surface area contributed by atoms with Gasteiger partial charge in [0.25, 0.3) is 0 Å². The molecule has 0 spiro atoms. The minimum Gasteiger partial charge on any atom is -0.463 e. The molecule has 0 amide bonds. The third-order valence-electron chi connectivity index (χ3n) is 8.84. The number of quaternary nitrogens is 1. The van der Waals surface area contributed by atoms with Crippen LogP contribution >= 0.6 is 7.82 Å². The SMILES string of the molecule is CCCCCCCCCCCCCCCCCC(=O)OC[C@@H](O)COP(=O)(O)OC(C[N+](C)(C)C)C(=O)C(CCC)CCCCCCC. The van der Waals surface area contributed by atoms with Crippen LogP contribution in [0, 0.1) is 5.92 Å². The summed E-state index contributed by atoms with van der Waals surface area (Å²) in [7, 11) is 1.01. The van der Waals surface area contributed by atoms with Crippen molar-refractivity contribution < 1.29 is 42.4 Å².